The molecule has 1 atom stereocenters. The van der Waals surface area contributed by atoms with Gasteiger partial charge in [-0.2, -0.15) is 12.6 Å². The van der Waals surface area contributed by atoms with Crippen molar-refractivity contribution in [1.82, 2.24) is 5.32 Å². The van der Waals surface area contributed by atoms with E-state index in [1.807, 2.05) is 0 Å². The number of carbonyl (C=O) groups excluding carboxylic acids is 2. The predicted octanol–water partition coefficient (Wildman–Crippen LogP) is -1.83. The molecule has 10 heavy (non-hydrogen) atoms. The maximum atomic E-state index is 10.7. The lowest BCUT2D eigenvalue weighted by Gasteiger charge is -2.15. The van der Waals surface area contributed by atoms with Crippen molar-refractivity contribution in [2.75, 3.05) is 5.75 Å². The van der Waals surface area contributed by atoms with Crippen LogP contribution in [0.3, 0.4) is 0 Å². The molecule has 5 heteroatoms. The van der Waals surface area contributed by atoms with Gasteiger partial charge in [0.05, 0.1) is 12.0 Å². The standard InChI is InChI=1S/C5H9NO3S/c1-3(7)6-4(2-10)5(8)9/h4,10H,2H2,1H3,(H,6,7)(H,8,9)/p-1/t4-/m0/s1/i1D3. The zero-order chi connectivity index (χ0) is 10.6. The lowest BCUT2D eigenvalue weighted by Crippen LogP contribution is -2.48. The SMILES string of the molecule is [2H]C([2H])([2H])C(=O)N[C@@H](CS)C(=O)[O-]. The van der Waals surface area contributed by atoms with Crippen LogP contribution in [0.5, 0.6) is 0 Å². The molecule has 0 aromatic heterocycles. The van der Waals surface area contributed by atoms with Gasteiger partial charge in [-0.05, 0) is 0 Å². The van der Waals surface area contributed by atoms with E-state index < -0.39 is 24.8 Å². The van der Waals surface area contributed by atoms with Crippen molar-refractivity contribution >= 4 is 24.5 Å². The highest BCUT2D eigenvalue weighted by Crippen LogP contribution is 1.84. The molecule has 0 aromatic rings. The number of rotatable bonds is 3. The number of hydrogen-bond acceptors (Lipinski definition) is 4. The molecule has 1 N–H and O–H groups in total. The van der Waals surface area contributed by atoms with Crippen molar-refractivity contribution in [2.24, 2.45) is 0 Å². The van der Waals surface area contributed by atoms with Crippen LogP contribution in [-0.2, 0) is 9.59 Å². The minimum atomic E-state index is -2.85. The Bertz CT molecular complexity index is 218. The highest BCUT2D eigenvalue weighted by Gasteiger charge is 2.06. The van der Waals surface area contributed by atoms with E-state index in [0.29, 0.717) is 0 Å². The van der Waals surface area contributed by atoms with E-state index in [0.717, 1.165) is 0 Å². The summed E-state index contributed by atoms with van der Waals surface area (Å²) < 4.78 is 19.9. The molecule has 0 aromatic carbocycles. The number of nitrogens with one attached hydrogen (secondary N) is 1. The van der Waals surface area contributed by atoms with E-state index in [1.54, 1.807) is 5.32 Å². The maximum Gasteiger partial charge on any atom is 0.217 e. The Morgan fingerprint density at radius 1 is 1.90 bits per heavy atom. The van der Waals surface area contributed by atoms with E-state index in [1.165, 1.54) is 0 Å². The topological polar surface area (TPSA) is 69.2 Å². The predicted molar refractivity (Wildman–Crippen MR) is 36.5 cm³/mol. The molecular formula is C5H8NO3S-. The van der Waals surface area contributed by atoms with Crippen molar-refractivity contribution in [3.63, 3.8) is 0 Å². The summed E-state index contributed by atoms with van der Waals surface area (Å²) >= 11 is 3.61. The van der Waals surface area contributed by atoms with E-state index in [4.69, 9.17) is 4.11 Å². The molecule has 0 spiro atoms. The number of carboxylic acids is 1. The largest absolute Gasteiger partial charge is 0.548 e. The van der Waals surface area contributed by atoms with Crippen LogP contribution in [0.15, 0.2) is 0 Å². The minimum absolute atomic E-state index is 0.218. The fourth-order valence-electron chi connectivity index (χ4n) is 0.337. The van der Waals surface area contributed by atoms with Crippen LogP contribution >= 0.6 is 12.6 Å². The summed E-state index contributed by atoms with van der Waals surface area (Å²) in [6.07, 6.45) is 0. The van der Waals surface area contributed by atoms with E-state index in [2.05, 4.69) is 12.6 Å². The van der Waals surface area contributed by atoms with Crippen molar-refractivity contribution in [3.05, 3.63) is 0 Å². The Hall–Kier alpha value is -0.710. The average molecular weight is 165 g/mol. The summed E-state index contributed by atoms with van der Waals surface area (Å²) in [5.41, 5.74) is 0. The first-order valence-electron chi connectivity index (χ1n) is 3.91. The van der Waals surface area contributed by atoms with Gasteiger partial charge in [-0.1, -0.05) is 0 Å². The second kappa shape index (κ2) is 4.16. The third-order valence-corrected chi connectivity index (χ3v) is 1.14. The van der Waals surface area contributed by atoms with Crippen molar-refractivity contribution in [2.45, 2.75) is 12.9 Å². The minimum Gasteiger partial charge on any atom is -0.548 e. The smallest absolute Gasteiger partial charge is 0.217 e. The Balaban J connectivity index is 4.26. The molecule has 0 radical (unpaired) electrons. The van der Waals surface area contributed by atoms with E-state index in [9.17, 15) is 14.7 Å². The summed E-state index contributed by atoms with van der Waals surface area (Å²) in [5, 5.41) is 12.0. The molecule has 0 aliphatic carbocycles. The van der Waals surface area contributed by atoms with Gasteiger partial charge < -0.3 is 15.2 Å². The molecule has 58 valence electrons. The maximum absolute atomic E-state index is 10.7. The van der Waals surface area contributed by atoms with Crippen molar-refractivity contribution < 1.29 is 18.8 Å². The molecule has 0 bridgehead atoms. The Kier molecular flexibility index (Phi) is 2.08. The summed E-state index contributed by atoms with van der Waals surface area (Å²) in [7, 11) is 0. The summed E-state index contributed by atoms with van der Waals surface area (Å²) in [6, 6.07) is -1.38. The average Bonchev–Trinajstić information content (AvgIpc) is 1.96. The van der Waals surface area contributed by atoms with Gasteiger partial charge in [0.15, 0.2) is 0 Å². The number of thiol groups is 1. The molecule has 1 amide bonds. The normalized spacial score (nSPS) is 17.9. The Labute approximate surface area is 68.2 Å². The van der Waals surface area contributed by atoms with E-state index >= 15 is 0 Å². The first kappa shape index (κ1) is 5.01. The highest BCUT2D eigenvalue weighted by atomic mass is 32.1. The van der Waals surface area contributed by atoms with E-state index in [-0.39, 0.29) is 5.75 Å². The Morgan fingerprint density at radius 2 is 2.50 bits per heavy atom. The molecule has 0 rings (SSSR count). The molecule has 0 aliphatic heterocycles. The van der Waals surface area contributed by atoms with Gasteiger partial charge in [-0.15, -0.1) is 0 Å². The molecule has 0 fully saturated rings. The fraction of sp³-hybridized carbons (Fsp3) is 0.600. The summed E-state index contributed by atoms with van der Waals surface area (Å²) in [5.74, 6) is -3.10. The second-order valence-corrected chi connectivity index (χ2v) is 1.89. The summed E-state index contributed by atoms with van der Waals surface area (Å²) in [6.45, 7) is -2.85. The van der Waals surface area contributed by atoms with Crippen LogP contribution in [0.2, 0.25) is 0 Å². The molecular weight excluding hydrogens is 154 g/mol. The fourth-order valence-corrected chi connectivity index (χ4v) is 0.578. The van der Waals surface area contributed by atoms with Crippen molar-refractivity contribution in [3.8, 4) is 0 Å². The van der Waals surface area contributed by atoms with Gasteiger partial charge in [0.2, 0.25) is 5.91 Å². The lowest BCUT2D eigenvalue weighted by molar-refractivity contribution is -0.307. The first-order valence-corrected chi connectivity index (χ1v) is 3.05. The zero-order valence-electron chi connectivity index (χ0n) is 7.96. The van der Waals surface area contributed by atoms with Gasteiger partial charge in [0.1, 0.15) is 0 Å². The molecule has 4 nitrogen and oxygen atoms in total. The first-order chi connectivity index (χ1) is 5.79. The molecule has 0 saturated heterocycles. The number of carboxylic acid groups (broad SMARTS) is 1. The van der Waals surface area contributed by atoms with Crippen LogP contribution < -0.4 is 10.4 Å². The molecule has 0 aliphatic rings. The van der Waals surface area contributed by atoms with Crippen LogP contribution in [0.1, 0.15) is 11.0 Å². The van der Waals surface area contributed by atoms with Gasteiger partial charge in [0.25, 0.3) is 0 Å². The van der Waals surface area contributed by atoms with Gasteiger partial charge in [0, 0.05) is 16.7 Å². The number of amides is 1. The number of aliphatic carboxylic acids is 1. The van der Waals surface area contributed by atoms with Crippen LogP contribution in [0.25, 0.3) is 0 Å². The number of carbonyl (C=O) groups is 2. The number of hydrogen-bond donors (Lipinski definition) is 2. The quantitative estimate of drug-likeness (QED) is 0.483. The Morgan fingerprint density at radius 3 is 2.80 bits per heavy atom. The molecule has 0 unspecified atom stereocenters. The highest BCUT2D eigenvalue weighted by molar-refractivity contribution is 7.80. The van der Waals surface area contributed by atoms with Gasteiger partial charge in [-0.3, -0.25) is 4.79 Å². The second-order valence-electron chi connectivity index (χ2n) is 1.53. The van der Waals surface area contributed by atoms with Crippen LogP contribution in [0.4, 0.5) is 0 Å². The van der Waals surface area contributed by atoms with Gasteiger partial charge >= 0.3 is 0 Å². The lowest BCUT2D eigenvalue weighted by atomic mass is 10.3. The third-order valence-electron chi connectivity index (χ3n) is 0.772. The van der Waals surface area contributed by atoms with Crippen molar-refractivity contribution in [1.29, 1.82) is 0 Å². The van der Waals surface area contributed by atoms with Gasteiger partial charge in [-0.25, -0.2) is 0 Å². The zero-order valence-corrected chi connectivity index (χ0v) is 5.85. The third kappa shape index (κ3) is 3.34. The molecule has 0 heterocycles. The summed E-state index contributed by atoms with van der Waals surface area (Å²) in [4.78, 5) is 21.0. The molecule has 0 saturated carbocycles. The monoisotopic (exact) mass is 165 g/mol. The van der Waals surface area contributed by atoms with Crippen LogP contribution in [-0.4, -0.2) is 23.7 Å². The van der Waals surface area contributed by atoms with Crippen LogP contribution in [0, 0.1) is 0 Å².